The standard InChI is InChI=1S/C20H21N5O.2ClH/c1-2-19(26-9-1)13-23-7-5-16(11-23)12-24-8-6-17-3-4-18(10-20(17)24)25-14-21-22-15-25;;/h1-4,6,8-10,14-16H,5,7,11-13H2;2*1H. The predicted molar refractivity (Wildman–Crippen MR) is 113 cm³/mol. The summed E-state index contributed by atoms with van der Waals surface area (Å²) < 4.78 is 9.80. The normalized spacial score (nSPS) is 16.8. The number of likely N-dealkylation sites (tertiary alicyclic amines) is 1. The molecule has 4 aromatic rings. The van der Waals surface area contributed by atoms with Gasteiger partial charge in [0.1, 0.15) is 18.4 Å². The Hall–Kier alpha value is -2.28. The van der Waals surface area contributed by atoms with Crippen molar-refractivity contribution in [1.82, 2.24) is 24.2 Å². The molecule has 0 spiro atoms. The highest BCUT2D eigenvalue weighted by Gasteiger charge is 2.23. The Morgan fingerprint density at radius 1 is 1.07 bits per heavy atom. The zero-order valence-corrected chi connectivity index (χ0v) is 17.0. The van der Waals surface area contributed by atoms with E-state index in [1.807, 2.05) is 10.6 Å². The summed E-state index contributed by atoms with van der Waals surface area (Å²) in [5.41, 5.74) is 2.36. The van der Waals surface area contributed by atoms with Crippen molar-refractivity contribution in [3.63, 3.8) is 0 Å². The lowest BCUT2D eigenvalue weighted by atomic mass is 10.1. The largest absolute Gasteiger partial charge is 0.468 e. The Labute approximate surface area is 176 Å². The number of halogens is 2. The summed E-state index contributed by atoms with van der Waals surface area (Å²) in [6.45, 7) is 4.21. The van der Waals surface area contributed by atoms with Crippen molar-refractivity contribution < 1.29 is 4.42 Å². The second kappa shape index (κ2) is 8.82. The van der Waals surface area contributed by atoms with Crippen molar-refractivity contribution in [3.8, 4) is 5.69 Å². The van der Waals surface area contributed by atoms with Crippen LogP contribution >= 0.6 is 24.8 Å². The van der Waals surface area contributed by atoms with Crippen molar-refractivity contribution in [3.05, 3.63) is 67.3 Å². The van der Waals surface area contributed by atoms with Crippen LogP contribution in [0.15, 0.2) is 65.9 Å². The minimum absolute atomic E-state index is 0. The Morgan fingerprint density at radius 3 is 2.71 bits per heavy atom. The highest BCUT2D eigenvalue weighted by Crippen LogP contribution is 2.25. The summed E-state index contributed by atoms with van der Waals surface area (Å²) in [4.78, 5) is 2.48. The molecule has 0 aliphatic carbocycles. The third kappa shape index (κ3) is 4.09. The van der Waals surface area contributed by atoms with E-state index in [0.29, 0.717) is 5.92 Å². The van der Waals surface area contributed by atoms with Gasteiger partial charge in [-0.2, -0.15) is 0 Å². The Morgan fingerprint density at radius 2 is 1.93 bits per heavy atom. The second-order valence-electron chi connectivity index (χ2n) is 7.05. The fourth-order valence-electron chi connectivity index (χ4n) is 3.93. The van der Waals surface area contributed by atoms with Crippen LogP contribution in [0.5, 0.6) is 0 Å². The number of nitrogens with zero attached hydrogens (tertiary/aromatic N) is 5. The highest BCUT2D eigenvalue weighted by atomic mass is 35.5. The smallest absolute Gasteiger partial charge is 0.123 e. The molecule has 148 valence electrons. The van der Waals surface area contributed by atoms with E-state index in [2.05, 4.69) is 56.2 Å². The lowest BCUT2D eigenvalue weighted by Crippen LogP contribution is -2.21. The van der Waals surface area contributed by atoms with Crippen LogP contribution in [0.2, 0.25) is 0 Å². The van der Waals surface area contributed by atoms with Crippen LogP contribution in [0.4, 0.5) is 0 Å². The maximum absolute atomic E-state index is 5.48. The summed E-state index contributed by atoms with van der Waals surface area (Å²) in [6, 6.07) is 12.7. The molecule has 5 rings (SSSR count). The van der Waals surface area contributed by atoms with E-state index in [1.54, 1.807) is 18.9 Å². The second-order valence-corrected chi connectivity index (χ2v) is 7.05. The quantitative estimate of drug-likeness (QED) is 0.486. The molecule has 3 aromatic heterocycles. The molecular weight excluding hydrogens is 397 g/mol. The van der Waals surface area contributed by atoms with Gasteiger partial charge >= 0.3 is 0 Å². The van der Waals surface area contributed by atoms with Gasteiger partial charge in [-0.05, 0) is 54.6 Å². The topological polar surface area (TPSA) is 52.0 Å². The van der Waals surface area contributed by atoms with Crippen molar-refractivity contribution in [2.24, 2.45) is 5.92 Å². The van der Waals surface area contributed by atoms with Gasteiger partial charge in [-0.15, -0.1) is 35.0 Å². The summed E-state index contributed by atoms with van der Waals surface area (Å²) in [7, 11) is 0. The number of hydrogen-bond acceptors (Lipinski definition) is 4. The van der Waals surface area contributed by atoms with Crippen LogP contribution in [-0.2, 0) is 13.1 Å². The maximum Gasteiger partial charge on any atom is 0.123 e. The Kier molecular flexibility index (Phi) is 6.44. The van der Waals surface area contributed by atoms with Gasteiger partial charge in [0.25, 0.3) is 0 Å². The Balaban J connectivity index is 0.00000112. The molecule has 8 heteroatoms. The molecule has 1 aromatic carbocycles. The van der Waals surface area contributed by atoms with Crippen LogP contribution in [0.3, 0.4) is 0 Å². The molecule has 6 nitrogen and oxygen atoms in total. The predicted octanol–water partition coefficient (Wildman–Crippen LogP) is 4.18. The maximum atomic E-state index is 5.48. The molecular formula is C20H23Cl2N5O. The van der Waals surface area contributed by atoms with Crippen molar-refractivity contribution in [2.75, 3.05) is 13.1 Å². The van der Waals surface area contributed by atoms with E-state index in [1.165, 1.54) is 17.3 Å². The molecule has 28 heavy (non-hydrogen) atoms. The summed E-state index contributed by atoms with van der Waals surface area (Å²) >= 11 is 0. The molecule has 0 amide bonds. The first-order valence-corrected chi connectivity index (χ1v) is 9.04. The van der Waals surface area contributed by atoms with E-state index >= 15 is 0 Å². The van der Waals surface area contributed by atoms with Gasteiger partial charge in [0.15, 0.2) is 0 Å². The van der Waals surface area contributed by atoms with Crippen molar-refractivity contribution in [1.29, 1.82) is 0 Å². The van der Waals surface area contributed by atoms with Gasteiger partial charge in [-0.3, -0.25) is 9.47 Å². The molecule has 4 heterocycles. The van der Waals surface area contributed by atoms with E-state index in [4.69, 9.17) is 4.42 Å². The van der Waals surface area contributed by atoms with Crippen molar-refractivity contribution in [2.45, 2.75) is 19.5 Å². The van der Waals surface area contributed by atoms with Crippen LogP contribution in [-0.4, -0.2) is 37.3 Å². The van der Waals surface area contributed by atoms with Crippen LogP contribution in [0.25, 0.3) is 16.6 Å². The van der Waals surface area contributed by atoms with Crippen LogP contribution in [0.1, 0.15) is 12.2 Å². The zero-order valence-electron chi connectivity index (χ0n) is 15.3. The molecule has 1 unspecified atom stereocenters. The monoisotopic (exact) mass is 419 g/mol. The first-order valence-electron chi connectivity index (χ1n) is 9.04. The molecule has 0 saturated carbocycles. The minimum atomic E-state index is 0. The first-order chi connectivity index (χ1) is 12.8. The van der Waals surface area contributed by atoms with Gasteiger partial charge in [0.2, 0.25) is 0 Å². The molecule has 0 radical (unpaired) electrons. The molecule has 1 aliphatic rings. The molecule has 1 atom stereocenters. The van der Waals surface area contributed by atoms with Gasteiger partial charge in [-0.1, -0.05) is 6.07 Å². The van der Waals surface area contributed by atoms with E-state index in [9.17, 15) is 0 Å². The van der Waals surface area contributed by atoms with E-state index < -0.39 is 0 Å². The first kappa shape index (κ1) is 20.5. The lowest BCUT2D eigenvalue weighted by molar-refractivity contribution is 0.282. The average Bonchev–Trinajstić information content (AvgIpc) is 3.44. The fourth-order valence-corrected chi connectivity index (χ4v) is 3.93. The number of aromatic nitrogens is 4. The third-order valence-corrected chi connectivity index (χ3v) is 5.26. The third-order valence-electron chi connectivity index (χ3n) is 5.26. The minimum Gasteiger partial charge on any atom is -0.468 e. The van der Waals surface area contributed by atoms with Gasteiger partial charge in [0, 0.05) is 19.3 Å². The van der Waals surface area contributed by atoms with Crippen LogP contribution in [0, 0.1) is 5.92 Å². The summed E-state index contributed by atoms with van der Waals surface area (Å²) in [6.07, 6.45) is 8.65. The van der Waals surface area contributed by atoms with E-state index in [0.717, 1.165) is 37.6 Å². The molecule has 1 fully saturated rings. The fraction of sp³-hybridized carbons (Fsp3) is 0.300. The van der Waals surface area contributed by atoms with Crippen molar-refractivity contribution >= 4 is 35.7 Å². The molecule has 1 saturated heterocycles. The molecule has 1 aliphatic heterocycles. The summed E-state index contributed by atoms with van der Waals surface area (Å²) in [5, 5.41) is 9.08. The van der Waals surface area contributed by atoms with Crippen LogP contribution < -0.4 is 0 Å². The average molecular weight is 420 g/mol. The van der Waals surface area contributed by atoms with Gasteiger partial charge in [-0.25, -0.2) is 0 Å². The number of fused-ring (bicyclic) bond motifs is 1. The zero-order chi connectivity index (χ0) is 17.3. The van der Waals surface area contributed by atoms with Gasteiger partial charge < -0.3 is 8.98 Å². The molecule has 0 N–H and O–H groups in total. The number of hydrogen-bond donors (Lipinski definition) is 0. The molecule has 0 bridgehead atoms. The van der Waals surface area contributed by atoms with E-state index in [-0.39, 0.29) is 24.8 Å². The highest BCUT2D eigenvalue weighted by molar-refractivity contribution is 5.85. The summed E-state index contributed by atoms with van der Waals surface area (Å²) in [5.74, 6) is 1.72. The Bertz CT molecular complexity index is 997. The number of rotatable bonds is 5. The van der Waals surface area contributed by atoms with Gasteiger partial charge in [0.05, 0.1) is 24.0 Å². The lowest BCUT2D eigenvalue weighted by Gasteiger charge is -2.15. The number of benzene rings is 1. The number of furan rings is 1. The SMILES string of the molecule is Cl.Cl.c1coc(CN2CCC(Cn3ccc4ccc(-n5cnnc5)cc43)C2)c1.